The first-order valence-electron chi connectivity index (χ1n) is 10.9. The van der Waals surface area contributed by atoms with Gasteiger partial charge in [-0.05, 0) is 59.7 Å². The number of thiophene rings is 1. The van der Waals surface area contributed by atoms with E-state index in [1.807, 2.05) is 33.8 Å². The summed E-state index contributed by atoms with van der Waals surface area (Å²) >= 11 is 1.31. The smallest absolute Gasteiger partial charge is 0.300 e. The molecule has 4 rings (SSSR count). The van der Waals surface area contributed by atoms with Crippen LogP contribution in [0.2, 0.25) is 0 Å². The van der Waals surface area contributed by atoms with Crippen molar-refractivity contribution in [1.82, 2.24) is 0 Å². The highest BCUT2D eigenvalue weighted by molar-refractivity contribution is 7.10. The van der Waals surface area contributed by atoms with Crippen LogP contribution in [0.3, 0.4) is 0 Å². The number of nitrogens with zero attached hydrogens (tertiary/aromatic N) is 1. The Morgan fingerprint density at radius 1 is 1.06 bits per heavy atom. The van der Waals surface area contributed by atoms with Crippen LogP contribution in [-0.4, -0.2) is 23.9 Å². The molecule has 0 saturated carbocycles. The van der Waals surface area contributed by atoms with Crippen molar-refractivity contribution in [2.45, 2.75) is 39.2 Å². The molecule has 1 amide bonds. The van der Waals surface area contributed by atoms with Gasteiger partial charge in [-0.15, -0.1) is 11.3 Å². The predicted octanol–water partition coefficient (Wildman–Crippen LogP) is 6.27. The molecule has 0 spiro atoms. The van der Waals surface area contributed by atoms with Crippen molar-refractivity contribution >= 4 is 34.5 Å². The van der Waals surface area contributed by atoms with E-state index < -0.39 is 29.4 Å². The van der Waals surface area contributed by atoms with Crippen molar-refractivity contribution in [1.29, 1.82) is 0 Å². The Morgan fingerprint density at radius 3 is 2.34 bits per heavy atom. The number of hydrogen-bond acceptors (Lipinski definition) is 5. The lowest BCUT2D eigenvalue weighted by atomic mass is 9.84. The maximum Gasteiger partial charge on any atom is 0.300 e. The third-order valence-corrected chi connectivity index (χ3v) is 7.13. The molecule has 2 aromatic carbocycles. The summed E-state index contributed by atoms with van der Waals surface area (Å²) in [6.07, 6.45) is 0. The minimum Gasteiger partial charge on any atom is -0.507 e. The van der Waals surface area contributed by atoms with Crippen LogP contribution >= 0.6 is 11.3 Å². The first kappa shape index (κ1) is 24.6. The van der Waals surface area contributed by atoms with E-state index in [1.54, 1.807) is 30.7 Å². The van der Waals surface area contributed by atoms with Crippen LogP contribution in [-0.2, 0) is 15.0 Å². The number of aliphatic hydroxyl groups is 1. The Balaban J connectivity index is 1.96. The minimum atomic E-state index is -1.14. The van der Waals surface area contributed by atoms with Gasteiger partial charge in [0.15, 0.2) is 11.6 Å². The average molecular weight is 498 g/mol. The number of amides is 1. The van der Waals surface area contributed by atoms with Crippen molar-refractivity contribution in [3.63, 3.8) is 0 Å². The number of carbonyl (C=O) groups is 2. The maximum atomic E-state index is 14.1. The molecule has 1 N–H and O–H groups in total. The molecule has 35 heavy (non-hydrogen) atoms. The molecule has 1 fully saturated rings. The SMILES string of the molecule is COc1ccc(/C(O)=C2/C(=O)C(=O)N(c3ccc(F)c(F)c3)C2c2sccc2C)cc1C(C)(C)C. The Hall–Kier alpha value is -3.52. The van der Waals surface area contributed by atoms with E-state index in [1.165, 1.54) is 17.4 Å². The number of carbonyl (C=O) groups excluding carboxylic acids is 2. The zero-order chi connectivity index (χ0) is 25.7. The zero-order valence-electron chi connectivity index (χ0n) is 20.0. The molecule has 1 aliphatic rings. The summed E-state index contributed by atoms with van der Waals surface area (Å²) in [6, 6.07) is 8.90. The molecule has 1 saturated heterocycles. The van der Waals surface area contributed by atoms with Crippen molar-refractivity contribution in [3.05, 3.63) is 86.6 Å². The van der Waals surface area contributed by atoms with Crippen molar-refractivity contribution in [2.24, 2.45) is 0 Å². The lowest BCUT2D eigenvalue weighted by molar-refractivity contribution is -0.132. The van der Waals surface area contributed by atoms with Crippen LogP contribution in [0.15, 0.2) is 53.4 Å². The first-order valence-corrected chi connectivity index (χ1v) is 11.8. The molecule has 182 valence electrons. The molecule has 1 aliphatic heterocycles. The van der Waals surface area contributed by atoms with Gasteiger partial charge in [-0.3, -0.25) is 14.5 Å². The summed E-state index contributed by atoms with van der Waals surface area (Å²) in [6.45, 7) is 7.80. The van der Waals surface area contributed by atoms with E-state index in [0.717, 1.165) is 28.2 Å². The number of benzene rings is 2. The Bertz CT molecular complexity index is 1370. The van der Waals surface area contributed by atoms with Gasteiger partial charge in [0.05, 0.1) is 12.7 Å². The Morgan fingerprint density at radius 2 is 1.77 bits per heavy atom. The number of hydrogen-bond donors (Lipinski definition) is 1. The summed E-state index contributed by atoms with van der Waals surface area (Å²) in [7, 11) is 1.55. The van der Waals surface area contributed by atoms with Crippen LogP contribution in [0, 0.1) is 18.6 Å². The lowest BCUT2D eigenvalue weighted by Crippen LogP contribution is -2.29. The van der Waals surface area contributed by atoms with Gasteiger partial charge >= 0.3 is 0 Å². The van der Waals surface area contributed by atoms with E-state index in [0.29, 0.717) is 16.2 Å². The molecule has 0 radical (unpaired) electrons. The monoisotopic (exact) mass is 497 g/mol. The van der Waals surface area contributed by atoms with Gasteiger partial charge in [-0.1, -0.05) is 20.8 Å². The van der Waals surface area contributed by atoms with Gasteiger partial charge in [-0.25, -0.2) is 8.78 Å². The highest BCUT2D eigenvalue weighted by Gasteiger charge is 2.48. The van der Waals surface area contributed by atoms with Gasteiger partial charge in [0, 0.05) is 27.8 Å². The van der Waals surface area contributed by atoms with Crippen molar-refractivity contribution in [2.75, 3.05) is 12.0 Å². The largest absolute Gasteiger partial charge is 0.507 e. The maximum absolute atomic E-state index is 14.1. The summed E-state index contributed by atoms with van der Waals surface area (Å²) in [5, 5.41) is 13.2. The molecule has 0 bridgehead atoms. The van der Waals surface area contributed by atoms with E-state index >= 15 is 0 Å². The summed E-state index contributed by atoms with van der Waals surface area (Å²) in [5.74, 6) is -3.77. The van der Waals surface area contributed by atoms with Gasteiger partial charge < -0.3 is 9.84 Å². The molecular formula is C27H25F2NO4S. The minimum absolute atomic E-state index is 0.0213. The van der Waals surface area contributed by atoms with Crippen LogP contribution in [0.4, 0.5) is 14.5 Å². The summed E-state index contributed by atoms with van der Waals surface area (Å²) in [4.78, 5) is 28.2. The number of aryl methyl sites for hydroxylation is 1. The molecule has 0 aliphatic carbocycles. The van der Waals surface area contributed by atoms with Crippen molar-refractivity contribution < 1.29 is 28.2 Å². The molecule has 1 atom stereocenters. The fourth-order valence-corrected chi connectivity index (χ4v) is 5.27. The summed E-state index contributed by atoms with van der Waals surface area (Å²) < 4.78 is 33.2. The van der Waals surface area contributed by atoms with E-state index in [2.05, 4.69) is 0 Å². The Labute approximate surface area is 206 Å². The number of rotatable bonds is 4. The molecule has 1 aromatic heterocycles. The third-order valence-electron chi connectivity index (χ3n) is 6.06. The van der Waals surface area contributed by atoms with Crippen LogP contribution in [0.1, 0.15) is 48.4 Å². The van der Waals surface area contributed by atoms with E-state index in [4.69, 9.17) is 4.74 Å². The zero-order valence-corrected chi connectivity index (χ0v) is 20.8. The van der Waals surface area contributed by atoms with Gasteiger partial charge in [0.1, 0.15) is 17.6 Å². The topological polar surface area (TPSA) is 66.8 Å². The first-order chi connectivity index (χ1) is 16.5. The molecule has 5 nitrogen and oxygen atoms in total. The Kier molecular flexibility index (Phi) is 6.27. The second kappa shape index (κ2) is 8.92. The number of ether oxygens (including phenoxy) is 1. The van der Waals surface area contributed by atoms with Crippen molar-refractivity contribution in [3.8, 4) is 5.75 Å². The normalized spacial score (nSPS) is 17.8. The lowest BCUT2D eigenvalue weighted by Gasteiger charge is -2.25. The number of halogens is 2. The quantitative estimate of drug-likeness (QED) is 0.262. The van der Waals surface area contributed by atoms with E-state index in [9.17, 15) is 23.5 Å². The van der Waals surface area contributed by atoms with Gasteiger partial charge in [-0.2, -0.15) is 0 Å². The fourth-order valence-electron chi connectivity index (χ4n) is 4.24. The van der Waals surface area contributed by atoms with E-state index in [-0.39, 0.29) is 22.4 Å². The van der Waals surface area contributed by atoms with Crippen LogP contribution in [0.25, 0.3) is 5.76 Å². The molecule has 1 unspecified atom stereocenters. The van der Waals surface area contributed by atoms with Crippen LogP contribution < -0.4 is 9.64 Å². The number of aliphatic hydroxyl groups excluding tert-OH is 1. The third kappa shape index (κ3) is 4.23. The second-order valence-corrected chi connectivity index (χ2v) is 10.3. The molecule has 3 aromatic rings. The number of ketones is 1. The fraction of sp³-hybridized carbons (Fsp3) is 0.259. The average Bonchev–Trinajstić information content (AvgIpc) is 3.34. The molecular weight excluding hydrogens is 472 g/mol. The number of methoxy groups -OCH3 is 1. The predicted molar refractivity (Wildman–Crippen MR) is 132 cm³/mol. The standard InChI is InChI=1S/C27H25F2NO4S/c1-14-10-11-35-25(14)22-21(23(31)15-6-9-20(34-5)17(12-15)27(2,3)4)24(32)26(33)30(22)16-7-8-18(28)19(29)13-16/h6-13,22,31H,1-5H3/b23-21-. The number of Topliss-reactive ketones (excluding diaryl/α,β-unsaturated/α-hetero) is 1. The second-order valence-electron chi connectivity index (χ2n) is 9.40. The highest BCUT2D eigenvalue weighted by Crippen LogP contribution is 2.45. The molecule has 2 heterocycles. The highest BCUT2D eigenvalue weighted by atomic mass is 32.1. The number of anilines is 1. The van der Waals surface area contributed by atoms with Gasteiger partial charge in [0.2, 0.25) is 0 Å². The summed E-state index contributed by atoms with van der Waals surface area (Å²) in [5.41, 5.74) is 1.53. The molecule has 8 heteroatoms. The van der Waals surface area contributed by atoms with Crippen LogP contribution in [0.5, 0.6) is 5.75 Å². The van der Waals surface area contributed by atoms with Gasteiger partial charge in [0.25, 0.3) is 11.7 Å².